The Balaban J connectivity index is 2.22. The van der Waals surface area contributed by atoms with Crippen LogP contribution in [0.2, 0.25) is 0 Å². The van der Waals surface area contributed by atoms with Crippen molar-refractivity contribution in [2.24, 2.45) is 0 Å². The highest BCUT2D eigenvalue weighted by Gasteiger charge is 2.11. The van der Waals surface area contributed by atoms with Crippen LogP contribution < -0.4 is 5.32 Å². The summed E-state index contributed by atoms with van der Waals surface area (Å²) in [6.07, 6.45) is 21.9. The number of benzene rings is 1. The van der Waals surface area contributed by atoms with Crippen LogP contribution in [0.4, 0.5) is 0 Å². The molecule has 1 aromatic rings. The van der Waals surface area contributed by atoms with Gasteiger partial charge in [0.15, 0.2) is 0 Å². The van der Waals surface area contributed by atoms with Crippen molar-refractivity contribution in [1.29, 1.82) is 0 Å². The van der Waals surface area contributed by atoms with Crippen LogP contribution >= 0.6 is 0 Å². The number of hydrogen-bond acceptors (Lipinski definition) is 2. The van der Waals surface area contributed by atoms with Gasteiger partial charge in [0.25, 0.3) is 0 Å². The summed E-state index contributed by atoms with van der Waals surface area (Å²) in [6.45, 7) is 6.30. The Kier molecular flexibility index (Phi) is 15.6. The number of rotatable bonds is 18. The summed E-state index contributed by atoms with van der Waals surface area (Å²) in [7, 11) is 0. The summed E-state index contributed by atoms with van der Waals surface area (Å²) in [5, 5.41) is 13.3. The van der Waals surface area contributed by atoms with Crippen LogP contribution in [-0.4, -0.2) is 23.8 Å². The van der Waals surface area contributed by atoms with Crippen LogP contribution in [0.5, 0.6) is 0 Å². The molecule has 0 saturated heterocycles. The Bertz CT molecular complexity index is 496. The molecular formula is C26H43NO. The Morgan fingerprint density at radius 3 is 2.11 bits per heavy atom. The van der Waals surface area contributed by atoms with E-state index in [0.29, 0.717) is 6.04 Å². The molecule has 0 spiro atoms. The van der Waals surface area contributed by atoms with Gasteiger partial charge in [0, 0.05) is 12.1 Å². The molecular weight excluding hydrogens is 342 g/mol. The molecule has 2 nitrogen and oxygen atoms in total. The lowest BCUT2D eigenvalue weighted by Crippen LogP contribution is -2.39. The van der Waals surface area contributed by atoms with Crippen LogP contribution in [0.15, 0.2) is 49.1 Å². The second kappa shape index (κ2) is 17.7. The molecule has 2 atom stereocenters. The largest absolute Gasteiger partial charge is 0.394 e. The normalized spacial score (nSPS) is 13.6. The summed E-state index contributed by atoms with van der Waals surface area (Å²) < 4.78 is 0. The maximum Gasteiger partial charge on any atom is 0.0620 e. The molecule has 0 amide bonds. The average Bonchev–Trinajstić information content (AvgIpc) is 2.73. The monoisotopic (exact) mass is 385 g/mol. The van der Waals surface area contributed by atoms with Crippen LogP contribution in [0.25, 0.3) is 6.08 Å². The van der Waals surface area contributed by atoms with Crippen molar-refractivity contribution in [1.82, 2.24) is 5.32 Å². The first-order chi connectivity index (χ1) is 13.8. The van der Waals surface area contributed by atoms with Gasteiger partial charge in [-0.05, 0) is 18.4 Å². The molecule has 2 N–H and O–H groups in total. The molecule has 158 valence electrons. The van der Waals surface area contributed by atoms with Crippen molar-refractivity contribution >= 4 is 6.08 Å². The van der Waals surface area contributed by atoms with Crippen LogP contribution in [0, 0.1) is 0 Å². The maximum atomic E-state index is 9.73. The number of hydrogen-bond donors (Lipinski definition) is 2. The first kappa shape index (κ1) is 24.7. The van der Waals surface area contributed by atoms with Crippen molar-refractivity contribution in [3.63, 3.8) is 0 Å². The standard InChI is InChI=1S/C26H43NO/c1-3-5-6-7-8-9-10-11-12-16-20-25(17-4-2)27-26(23-28)22-21-24-18-14-13-15-19-24/h4,13-15,18-19,21-22,25-28H,2-3,5-12,16-17,20,23H2,1H3/b22-21+/t25-,26+/m0/s1. The molecule has 28 heavy (non-hydrogen) atoms. The van der Waals surface area contributed by atoms with Gasteiger partial charge in [-0.3, -0.25) is 0 Å². The van der Waals surface area contributed by atoms with E-state index < -0.39 is 0 Å². The fourth-order valence-electron chi connectivity index (χ4n) is 3.61. The third kappa shape index (κ3) is 12.9. The highest BCUT2D eigenvalue weighted by Crippen LogP contribution is 2.13. The minimum atomic E-state index is -0.00623. The van der Waals surface area contributed by atoms with Gasteiger partial charge in [-0.25, -0.2) is 0 Å². The van der Waals surface area contributed by atoms with Crippen molar-refractivity contribution in [2.45, 2.75) is 96.1 Å². The number of nitrogens with one attached hydrogen (secondary N) is 1. The van der Waals surface area contributed by atoms with E-state index in [1.165, 1.54) is 64.2 Å². The molecule has 0 heterocycles. The van der Waals surface area contributed by atoms with Crippen molar-refractivity contribution in [3.8, 4) is 0 Å². The van der Waals surface area contributed by atoms with E-state index in [9.17, 15) is 5.11 Å². The number of unbranched alkanes of at least 4 members (excludes halogenated alkanes) is 9. The molecule has 0 aliphatic rings. The van der Waals surface area contributed by atoms with Gasteiger partial charge >= 0.3 is 0 Å². The van der Waals surface area contributed by atoms with Crippen LogP contribution in [-0.2, 0) is 0 Å². The molecule has 0 unspecified atom stereocenters. The molecule has 0 aliphatic carbocycles. The van der Waals surface area contributed by atoms with Gasteiger partial charge in [0.1, 0.15) is 0 Å². The summed E-state index contributed by atoms with van der Waals surface area (Å²) in [6, 6.07) is 10.6. The first-order valence-electron chi connectivity index (χ1n) is 11.5. The lowest BCUT2D eigenvalue weighted by molar-refractivity contribution is 0.251. The lowest BCUT2D eigenvalue weighted by Gasteiger charge is -2.22. The van der Waals surface area contributed by atoms with Gasteiger partial charge < -0.3 is 10.4 Å². The van der Waals surface area contributed by atoms with Gasteiger partial charge in [0.05, 0.1) is 6.61 Å². The summed E-state index contributed by atoms with van der Waals surface area (Å²) >= 11 is 0. The van der Waals surface area contributed by atoms with Crippen molar-refractivity contribution in [3.05, 3.63) is 54.6 Å². The molecule has 1 rings (SSSR count). The Hall–Kier alpha value is -1.38. The molecule has 0 aliphatic heterocycles. The molecule has 0 saturated carbocycles. The van der Waals surface area contributed by atoms with E-state index in [0.717, 1.165) is 18.4 Å². The second-order valence-electron chi connectivity index (χ2n) is 7.92. The lowest BCUT2D eigenvalue weighted by atomic mass is 10.0. The third-order valence-corrected chi connectivity index (χ3v) is 5.32. The summed E-state index contributed by atoms with van der Waals surface area (Å²) in [5.41, 5.74) is 1.16. The third-order valence-electron chi connectivity index (χ3n) is 5.32. The predicted octanol–water partition coefficient (Wildman–Crippen LogP) is 6.91. The van der Waals surface area contributed by atoms with E-state index in [2.05, 4.69) is 43.1 Å². The Morgan fingerprint density at radius 2 is 1.54 bits per heavy atom. The zero-order valence-corrected chi connectivity index (χ0v) is 18.1. The van der Waals surface area contributed by atoms with E-state index in [-0.39, 0.29) is 12.6 Å². The highest BCUT2D eigenvalue weighted by molar-refractivity contribution is 5.49. The van der Waals surface area contributed by atoms with Gasteiger partial charge in [-0.15, -0.1) is 6.58 Å². The fraction of sp³-hybridized carbons (Fsp3) is 0.615. The number of aliphatic hydroxyl groups excluding tert-OH is 1. The Morgan fingerprint density at radius 1 is 0.929 bits per heavy atom. The quantitative estimate of drug-likeness (QED) is 0.213. The summed E-state index contributed by atoms with van der Waals surface area (Å²) in [4.78, 5) is 0. The Labute approximate surface area is 174 Å². The minimum Gasteiger partial charge on any atom is -0.394 e. The number of aliphatic hydroxyl groups is 1. The van der Waals surface area contributed by atoms with Crippen molar-refractivity contribution in [2.75, 3.05) is 6.61 Å². The zero-order valence-electron chi connectivity index (χ0n) is 18.1. The predicted molar refractivity (Wildman–Crippen MR) is 125 cm³/mol. The molecule has 0 aromatic heterocycles. The van der Waals surface area contributed by atoms with Gasteiger partial charge in [0.2, 0.25) is 0 Å². The van der Waals surface area contributed by atoms with E-state index in [4.69, 9.17) is 0 Å². The SMILES string of the molecule is C=CC[C@@H](CCCCCCCCCCCC)N[C@H](/C=C/c1ccccc1)CO. The molecule has 0 radical (unpaired) electrons. The second-order valence-corrected chi connectivity index (χ2v) is 7.92. The van der Waals surface area contributed by atoms with Crippen LogP contribution in [0.3, 0.4) is 0 Å². The minimum absolute atomic E-state index is 0.00623. The van der Waals surface area contributed by atoms with E-state index >= 15 is 0 Å². The smallest absolute Gasteiger partial charge is 0.0620 e. The molecule has 1 aromatic carbocycles. The fourth-order valence-corrected chi connectivity index (χ4v) is 3.61. The van der Waals surface area contributed by atoms with Gasteiger partial charge in [-0.1, -0.05) is 120 Å². The average molecular weight is 386 g/mol. The molecule has 2 heteroatoms. The highest BCUT2D eigenvalue weighted by atomic mass is 16.3. The maximum absolute atomic E-state index is 9.73. The topological polar surface area (TPSA) is 32.3 Å². The summed E-state index contributed by atoms with van der Waals surface area (Å²) in [5.74, 6) is 0. The molecule has 0 fully saturated rings. The molecule has 0 bridgehead atoms. The van der Waals surface area contributed by atoms with E-state index in [1.807, 2.05) is 24.3 Å². The van der Waals surface area contributed by atoms with Gasteiger partial charge in [-0.2, -0.15) is 0 Å². The van der Waals surface area contributed by atoms with Crippen LogP contribution in [0.1, 0.15) is 89.5 Å². The van der Waals surface area contributed by atoms with E-state index in [1.54, 1.807) is 0 Å². The van der Waals surface area contributed by atoms with Crippen molar-refractivity contribution < 1.29 is 5.11 Å². The zero-order chi connectivity index (χ0) is 20.3. The first-order valence-corrected chi connectivity index (χ1v) is 11.5.